The molecule has 7 nitrogen and oxygen atoms in total. The van der Waals surface area contributed by atoms with E-state index in [4.69, 9.17) is 4.74 Å². The molecule has 0 amide bonds. The summed E-state index contributed by atoms with van der Waals surface area (Å²) in [6, 6.07) is 7.30. The molecule has 0 bridgehead atoms. The van der Waals surface area contributed by atoms with E-state index in [2.05, 4.69) is 14.5 Å². The number of unbranched alkanes of at least 4 members (excludes halogenated alkanes) is 1. The van der Waals surface area contributed by atoms with Crippen molar-refractivity contribution < 1.29 is 17.7 Å². The Morgan fingerprint density at radius 1 is 1.27 bits per heavy atom. The van der Waals surface area contributed by atoms with Gasteiger partial charge in [0, 0.05) is 6.92 Å². The van der Waals surface area contributed by atoms with E-state index in [1.807, 2.05) is 55.2 Å². The number of aryl methyl sites for hydroxylation is 2. The summed E-state index contributed by atoms with van der Waals surface area (Å²) in [5, 5.41) is 4.01. The molecule has 0 fully saturated rings. The Kier molecular flexibility index (Phi) is 6.79. The van der Waals surface area contributed by atoms with Crippen molar-refractivity contribution in [3.8, 4) is 5.75 Å². The second-order valence-corrected chi connectivity index (χ2v) is 8.01. The molecular formula is C18H27N4O3S+. The number of rotatable bonds is 9. The monoisotopic (exact) mass is 379 g/mol. The first-order valence-corrected chi connectivity index (χ1v) is 10.2. The minimum atomic E-state index is -3.43. The van der Waals surface area contributed by atoms with Crippen molar-refractivity contribution in [3.05, 3.63) is 48.0 Å². The summed E-state index contributed by atoms with van der Waals surface area (Å²) in [6.07, 6.45) is 5.36. The molecular weight excluding hydrogens is 352 g/mol. The molecule has 1 N–H and O–H groups in total. The van der Waals surface area contributed by atoms with E-state index in [-0.39, 0.29) is 5.75 Å². The topological polar surface area (TPSA) is 76.6 Å². The first kappa shape index (κ1) is 20.0. The standard InChI is InChI=1S/C18H27N4O3S/c1-15(17-7-9-18(25-4)10-8-17)19-20-26(23,24)14-6-5-11-22-13-12-21(3)16(22)2/h7-10,12-13,20H,5-6,11,14H2,1-4H3/q+1/b19-15-. The van der Waals surface area contributed by atoms with Crippen LogP contribution in [0.2, 0.25) is 0 Å². The maximum atomic E-state index is 12.1. The van der Waals surface area contributed by atoms with Crippen LogP contribution in [0.15, 0.2) is 41.8 Å². The van der Waals surface area contributed by atoms with Gasteiger partial charge in [-0.2, -0.15) is 5.10 Å². The van der Waals surface area contributed by atoms with E-state index in [1.54, 1.807) is 14.0 Å². The van der Waals surface area contributed by atoms with Gasteiger partial charge in [0.1, 0.15) is 18.1 Å². The number of hydrogen-bond donors (Lipinski definition) is 1. The van der Waals surface area contributed by atoms with Gasteiger partial charge in [0.25, 0.3) is 5.82 Å². The minimum absolute atomic E-state index is 0.0544. The lowest BCUT2D eigenvalue weighted by atomic mass is 10.1. The summed E-state index contributed by atoms with van der Waals surface area (Å²) in [6.45, 7) is 4.60. The number of nitrogens with one attached hydrogen (secondary N) is 1. The Bertz CT molecular complexity index is 855. The van der Waals surface area contributed by atoms with Gasteiger partial charge in [-0.25, -0.2) is 22.4 Å². The largest absolute Gasteiger partial charge is 0.497 e. The fourth-order valence-electron chi connectivity index (χ4n) is 2.49. The second kappa shape index (κ2) is 8.84. The summed E-state index contributed by atoms with van der Waals surface area (Å²) in [4.78, 5) is 2.32. The van der Waals surface area contributed by atoms with Crippen molar-refractivity contribution in [3.63, 3.8) is 0 Å². The summed E-state index contributed by atoms with van der Waals surface area (Å²) < 4.78 is 33.5. The summed E-state index contributed by atoms with van der Waals surface area (Å²) in [5.41, 5.74) is 1.44. The SMILES string of the molecule is COc1ccc(/C(C)=N\NS(=O)(=O)CCCCn2cc[n+](C)c2C)cc1. The van der Waals surface area contributed by atoms with Gasteiger partial charge < -0.3 is 4.74 Å². The number of sulfonamides is 1. The smallest absolute Gasteiger partial charge is 0.253 e. The van der Waals surface area contributed by atoms with Crippen LogP contribution in [0.1, 0.15) is 31.2 Å². The predicted octanol–water partition coefficient (Wildman–Crippen LogP) is 1.75. The van der Waals surface area contributed by atoms with Crippen LogP contribution in [-0.4, -0.2) is 31.6 Å². The van der Waals surface area contributed by atoms with E-state index >= 15 is 0 Å². The number of benzene rings is 1. The lowest BCUT2D eigenvalue weighted by Gasteiger charge is -2.06. The molecule has 1 aromatic heterocycles. The number of ether oxygens (including phenoxy) is 1. The first-order valence-electron chi connectivity index (χ1n) is 8.52. The van der Waals surface area contributed by atoms with Gasteiger partial charge in [0.2, 0.25) is 10.0 Å². The highest BCUT2D eigenvalue weighted by Crippen LogP contribution is 2.12. The number of imidazole rings is 1. The fourth-order valence-corrected chi connectivity index (χ4v) is 3.44. The highest BCUT2D eigenvalue weighted by atomic mass is 32.2. The Morgan fingerprint density at radius 2 is 1.96 bits per heavy atom. The van der Waals surface area contributed by atoms with Crippen LogP contribution in [0.25, 0.3) is 0 Å². The Hall–Kier alpha value is -2.35. The number of aromatic nitrogens is 2. The van der Waals surface area contributed by atoms with Gasteiger partial charge in [-0.1, -0.05) is 0 Å². The average Bonchev–Trinajstić information content (AvgIpc) is 2.95. The van der Waals surface area contributed by atoms with Crippen LogP contribution in [0, 0.1) is 6.92 Å². The number of methoxy groups -OCH3 is 1. The fraction of sp³-hybridized carbons (Fsp3) is 0.444. The van der Waals surface area contributed by atoms with Crippen LogP contribution in [-0.2, 0) is 23.6 Å². The van der Waals surface area contributed by atoms with Gasteiger partial charge >= 0.3 is 0 Å². The quantitative estimate of drug-likeness (QED) is 0.312. The molecule has 0 unspecified atom stereocenters. The number of hydrazone groups is 1. The molecule has 0 aliphatic rings. The third kappa shape index (κ3) is 5.59. The molecule has 2 aromatic rings. The van der Waals surface area contributed by atoms with E-state index in [0.717, 1.165) is 30.1 Å². The minimum Gasteiger partial charge on any atom is -0.497 e. The van der Waals surface area contributed by atoms with Crippen molar-refractivity contribution >= 4 is 15.7 Å². The van der Waals surface area contributed by atoms with E-state index in [9.17, 15) is 8.42 Å². The molecule has 0 aliphatic carbocycles. The van der Waals surface area contributed by atoms with E-state index < -0.39 is 10.0 Å². The predicted molar refractivity (Wildman–Crippen MR) is 102 cm³/mol. The molecule has 142 valence electrons. The second-order valence-electron chi connectivity index (χ2n) is 6.19. The maximum Gasteiger partial charge on any atom is 0.253 e. The third-order valence-corrected chi connectivity index (χ3v) is 5.51. The highest BCUT2D eigenvalue weighted by molar-refractivity contribution is 7.89. The van der Waals surface area contributed by atoms with Crippen molar-refractivity contribution in [2.75, 3.05) is 12.9 Å². The summed E-state index contributed by atoms with van der Waals surface area (Å²) in [7, 11) is 0.155. The zero-order valence-electron chi connectivity index (χ0n) is 15.8. The highest BCUT2D eigenvalue weighted by Gasteiger charge is 2.11. The molecule has 26 heavy (non-hydrogen) atoms. The lowest BCUT2D eigenvalue weighted by Crippen LogP contribution is -2.29. The number of nitrogens with zero attached hydrogens (tertiary/aromatic N) is 3. The number of hydrogen-bond acceptors (Lipinski definition) is 4. The van der Waals surface area contributed by atoms with Crippen LogP contribution in [0.3, 0.4) is 0 Å². The molecule has 2 rings (SSSR count). The Labute approximate surface area is 155 Å². The normalized spacial score (nSPS) is 12.2. The van der Waals surface area contributed by atoms with Crippen LogP contribution in [0.4, 0.5) is 0 Å². The van der Waals surface area contributed by atoms with Crippen molar-refractivity contribution in [2.45, 2.75) is 33.2 Å². The maximum absolute atomic E-state index is 12.1. The van der Waals surface area contributed by atoms with E-state index in [0.29, 0.717) is 12.1 Å². The van der Waals surface area contributed by atoms with Crippen LogP contribution < -0.4 is 14.1 Å². The third-order valence-electron chi connectivity index (χ3n) is 4.32. The van der Waals surface area contributed by atoms with Gasteiger partial charge in [-0.3, -0.25) is 0 Å². The molecule has 1 heterocycles. The Balaban J connectivity index is 1.82. The zero-order valence-corrected chi connectivity index (χ0v) is 16.6. The van der Waals surface area contributed by atoms with Gasteiger partial charge in [-0.05, 0) is 49.6 Å². The molecule has 0 spiro atoms. The van der Waals surface area contributed by atoms with Crippen molar-refractivity contribution in [1.82, 2.24) is 9.40 Å². The summed E-state index contributed by atoms with van der Waals surface area (Å²) in [5.74, 6) is 1.94. The van der Waals surface area contributed by atoms with Gasteiger partial charge in [0.15, 0.2) is 0 Å². The summed E-state index contributed by atoms with van der Waals surface area (Å²) >= 11 is 0. The molecule has 8 heteroatoms. The molecule has 0 aliphatic heterocycles. The zero-order chi connectivity index (χ0) is 19.2. The molecule has 0 atom stereocenters. The average molecular weight is 380 g/mol. The van der Waals surface area contributed by atoms with Crippen LogP contribution in [0.5, 0.6) is 5.75 Å². The Morgan fingerprint density at radius 3 is 2.54 bits per heavy atom. The first-order chi connectivity index (χ1) is 12.3. The van der Waals surface area contributed by atoms with Gasteiger partial charge in [-0.15, -0.1) is 0 Å². The lowest BCUT2D eigenvalue weighted by molar-refractivity contribution is -0.677. The molecule has 0 saturated heterocycles. The van der Waals surface area contributed by atoms with Crippen molar-refractivity contribution in [1.29, 1.82) is 0 Å². The van der Waals surface area contributed by atoms with E-state index in [1.165, 1.54) is 0 Å². The molecule has 0 radical (unpaired) electrons. The van der Waals surface area contributed by atoms with Crippen molar-refractivity contribution in [2.24, 2.45) is 12.1 Å². The molecule has 1 aromatic carbocycles. The molecule has 0 saturated carbocycles. The van der Waals surface area contributed by atoms with Crippen LogP contribution >= 0.6 is 0 Å². The van der Waals surface area contributed by atoms with Gasteiger partial charge in [0.05, 0.1) is 32.2 Å².